The summed E-state index contributed by atoms with van der Waals surface area (Å²) in [4.78, 5) is 11.2. The van der Waals surface area contributed by atoms with Crippen molar-refractivity contribution < 1.29 is 23.1 Å². The minimum absolute atomic E-state index is 0.160. The van der Waals surface area contributed by atoms with Crippen molar-refractivity contribution in [1.29, 1.82) is 0 Å². The lowest BCUT2D eigenvalue weighted by Crippen LogP contribution is -2.55. The minimum atomic E-state index is -3.61. The maximum absolute atomic E-state index is 12.6. The number of sulfonamides is 1. The van der Waals surface area contributed by atoms with Crippen LogP contribution in [0.5, 0.6) is 0 Å². The van der Waals surface area contributed by atoms with Crippen LogP contribution in [0.1, 0.15) is 18.7 Å². The molecule has 1 N–H and O–H groups in total. The molecule has 0 spiro atoms. The van der Waals surface area contributed by atoms with Crippen molar-refractivity contribution in [3.63, 3.8) is 0 Å². The number of morpholine rings is 1. The zero-order valence-electron chi connectivity index (χ0n) is 11.3. The predicted molar refractivity (Wildman–Crippen MR) is 74.4 cm³/mol. The highest BCUT2D eigenvalue weighted by molar-refractivity contribution is 7.91. The van der Waals surface area contributed by atoms with Crippen LogP contribution in [0.15, 0.2) is 16.3 Å². The molecule has 20 heavy (non-hydrogen) atoms. The summed E-state index contributed by atoms with van der Waals surface area (Å²) in [6, 6.07) is 3.03. The van der Waals surface area contributed by atoms with E-state index in [1.807, 2.05) is 13.8 Å². The number of hydrogen-bond acceptors (Lipinski definition) is 5. The summed E-state index contributed by atoms with van der Waals surface area (Å²) in [6.45, 7) is 4.65. The van der Waals surface area contributed by atoms with Gasteiger partial charge >= 0.3 is 5.97 Å². The Morgan fingerprint density at radius 3 is 2.80 bits per heavy atom. The molecule has 8 heteroatoms. The van der Waals surface area contributed by atoms with Crippen LogP contribution in [0, 0.1) is 0 Å². The third-order valence-electron chi connectivity index (χ3n) is 3.08. The molecule has 0 atom stereocenters. The van der Waals surface area contributed by atoms with Gasteiger partial charge in [-0.15, -0.1) is 11.3 Å². The highest BCUT2D eigenvalue weighted by atomic mass is 32.2. The summed E-state index contributed by atoms with van der Waals surface area (Å²) in [5, 5.41) is 8.74. The van der Waals surface area contributed by atoms with E-state index >= 15 is 0 Å². The molecule has 6 nitrogen and oxygen atoms in total. The van der Waals surface area contributed by atoms with Crippen molar-refractivity contribution in [1.82, 2.24) is 4.31 Å². The molecule has 1 aromatic rings. The molecular weight excluding hydrogens is 302 g/mol. The smallest absolute Gasteiger partial charge is 0.308 e. The molecule has 0 aliphatic carbocycles. The minimum Gasteiger partial charge on any atom is -0.481 e. The van der Waals surface area contributed by atoms with Gasteiger partial charge < -0.3 is 9.84 Å². The third kappa shape index (κ3) is 3.03. The lowest BCUT2D eigenvalue weighted by Gasteiger charge is -2.40. The first kappa shape index (κ1) is 15.4. The largest absolute Gasteiger partial charge is 0.481 e. The first-order valence-electron chi connectivity index (χ1n) is 6.14. The zero-order valence-corrected chi connectivity index (χ0v) is 13.0. The van der Waals surface area contributed by atoms with Gasteiger partial charge in [0.2, 0.25) is 0 Å². The maximum Gasteiger partial charge on any atom is 0.308 e. The van der Waals surface area contributed by atoms with Crippen LogP contribution >= 0.6 is 11.3 Å². The Bertz CT molecular complexity index is 605. The van der Waals surface area contributed by atoms with Crippen LogP contribution in [0.25, 0.3) is 0 Å². The molecule has 0 saturated carbocycles. The Labute approximate surface area is 122 Å². The summed E-state index contributed by atoms with van der Waals surface area (Å²) in [7, 11) is -3.61. The standard InChI is InChI=1S/C12H17NO5S2/c1-12(2)8-18-6-5-13(12)20(16,17)11-4-3-9(19-11)7-10(14)15/h3-4H,5-8H2,1-2H3,(H,14,15). The van der Waals surface area contributed by atoms with Crippen molar-refractivity contribution in [2.24, 2.45) is 0 Å². The quantitative estimate of drug-likeness (QED) is 0.901. The van der Waals surface area contributed by atoms with E-state index < -0.39 is 21.5 Å². The highest BCUT2D eigenvalue weighted by Gasteiger charge is 2.40. The van der Waals surface area contributed by atoms with Crippen LogP contribution in [0.2, 0.25) is 0 Å². The van der Waals surface area contributed by atoms with Gasteiger partial charge in [0.15, 0.2) is 0 Å². The number of carboxylic acids is 1. The molecule has 1 fully saturated rings. The topological polar surface area (TPSA) is 83.9 Å². The Hall–Kier alpha value is -0.960. The molecule has 0 amide bonds. The fraction of sp³-hybridized carbons (Fsp3) is 0.583. The fourth-order valence-electron chi connectivity index (χ4n) is 2.14. The first-order valence-corrected chi connectivity index (χ1v) is 8.40. The maximum atomic E-state index is 12.6. The number of carboxylic acid groups (broad SMARTS) is 1. The third-order valence-corrected chi connectivity index (χ3v) is 6.74. The number of carbonyl (C=O) groups is 1. The number of hydrogen-bond donors (Lipinski definition) is 1. The van der Waals surface area contributed by atoms with E-state index in [2.05, 4.69) is 0 Å². The summed E-state index contributed by atoms with van der Waals surface area (Å²) < 4.78 is 32.2. The van der Waals surface area contributed by atoms with E-state index in [0.717, 1.165) is 11.3 Å². The number of thiophene rings is 1. The summed E-state index contributed by atoms with van der Waals surface area (Å²) in [6.07, 6.45) is -0.160. The first-order chi connectivity index (χ1) is 9.23. The van der Waals surface area contributed by atoms with Gasteiger partial charge in [-0.3, -0.25) is 4.79 Å². The van der Waals surface area contributed by atoms with E-state index in [1.54, 1.807) is 6.07 Å². The molecule has 1 aliphatic rings. The van der Waals surface area contributed by atoms with Crippen molar-refractivity contribution in [2.75, 3.05) is 19.8 Å². The van der Waals surface area contributed by atoms with Crippen LogP contribution in [0.3, 0.4) is 0 Å². The van der Waals surface area contributed by atoms with Crippen molar-refractivity contribution in [3.05, 3.63) is 17.0 Å². The fourth-order valence-corrected chi connectivity index (χ4v) is 5.35. The van der Waals surface area contributed by atoms with Gasteiger partial charge in [0.25, 0.3) is 10.0 Å². The van der Waals surface area contributed by atoms with E-state index in [0.29, 0.717) is 24.6 Å². The lowest BCUT2D eigenvalue weighted by molar-refractivity contribution is -0.136. The second-order valence-corrected chi connectivity index (χ2v) is 8.49. The van der Waals surface area contributed by atoms with Crippen LogP contribution in [-0.4, -0.2) is 49.1 Å². The molecule has 112 valence electrons. The van der Waals surface area contributed by atoms with E-state index in [4.69, 9.17) is 9.84 Å². The summed E-state index contributed by atoms with van der Waals surface area (Å²) in [5.74, 6) is -0.970. The molecule has 0 bridgehead atoms. The Balaban J connectivity index is 2.30. The van der Waals surface area contributed by atoms with Gasteiger partial charge in [0.05, 0.1) is 25.2 Å². The van der Waals surface area contributed by atoms with Gasteiger partial charge in [0, 0.05) is 11.4 Å². The molecule has 0 aromatic carbocycles. The number of aliphatic carboxylic acids is 1. The molecule has 1 aliphatic heterocycles. The van der Waals surface area contributed by atoms with Gasteiger partial charge in [-0.2, -0.15) is 4.31 Å². The molecule has 0 radical (unpaired) electrons. The Kier molecular flexibility index (Phi) is 4.19. The average Bonchev–Trinajstić information content (AvgIpc) is 2.76. The van der Waals surface area contributed by atoms with E-state index in [1.165, 1.54) is 10.4 Å². The van der Waals surface area contributed by atoms with Gasteiger partial charge in [0.1, 0.15) is 4.21 Å². The highest BCUT2D eigenvalue weighted by Crippen LogP contribution is 2.31. The number of nitrogens with zero attached hydrogens (tertiary/aromatic N) is 1. The Morgan fingerprint density at radius 2 is 2.20 bits per heavy atom. The Morgan fingerprint density at radius 1 is 1.50 bits per heavy atom. The normalized spacial score (nSPS) is 19.9. The van der Waals surface area contributed by atoms with Crippen molar-refractivity contribution in [2.45, 2.75) is 30.0 Å². The molecule has 0 unspecified atom stereocenters. The second-order valence-electron chi connectivity index (χ2n) is 5.23. The van der Waals surface area contributed by atoms with E-state index in [-0.39, 0.29) is 10.6 Å². The van der Waals surface area contributed by atoms with Crippen LogP contribution in [0.4, 0.5) is 0 Å². The van der Waals surface area contributed by atoms with E-state index in [9.17, 15) is 13.2 Å². The van der Waals surface area contributed by atoms with Gasteiger partial charge in [-0.1, -0.05) is 0 Å². The average molecular weight is 319 g/mol. The molecule has 2 rings (SSSR count). The lowest BCUT2D eigenvalue weighted by atomic mass is 10.1. The molecule has 1 aromatic heterocycles. The van der Waals surface area contributed by atoms with Crippen LogP contribution in [-0.2, 0) is 26.0 Å². The van der Waals surface area contributed by atoms with Crippen molar-refractivity contribution >= 4 is 27.3 Å². The molecule has 2 heterocycles. The molecule has 1 saturated heterocycles. The SMILES string of the molecule is CC1(C)COCCN1S(=O)(=O)c1ccc(CC(=O)O)s1. The summed E-state index contributed by atoms with van der Waals surface area (Å²) >= 11 is 1.01. The zero-order chi connectivity index (χ0) is 15.0. The van der Waals surface area contributed by atoms with Gasteiger partial charge in [-0.25, -0.2) is 8.42 Å². The number of ether oxygens (including phenoxy) is 1. The van der Waals surface area contributed by atoms with Gasteiger partial charge in [-0.05, 0) is 26.0 Å². The monoisotopic (exact) mass is 319 g/mol. The van der Waals surface area contributed by atoms with Crippen molar-refractivity contribution in [3.8, 4) is 0 Å². The summed E-state index contributed by atoms with van der Waals surface area (Å²) in [5.41, 5.74) is -0.603. The molecular formula is C12H17NO5S2. The predicted octanol–water partition coefficient (Wildman–Crippen LogP) is 1.17. The van der Waals surface area contributed by atoms with Crippen LogP contribution < -0.4 is 0 Å². The second kappa shape index (κ2) is 5.44. The number of rotatable bonds is 4.